The van der Waals surface area contributed by atoms with E-state index in [9.17, 15) is 18.0 Å². The van der Waals surface area contributed by atoms with E-state index in [0.29, 0.717) is 10.7 Å². The molecule has 0 unspecified atom stereocenters. The first-order valence-corrected chi connectivity index (χ1v) is 12.4. The monoisotopic (exact) mass is 479 g/mol. The number of benzene rings is 2. The molecule has 0 spiro atoms. The van der Waals surface area contributed by atoms with Gasteiger partial charge < -0.3 is 10.2 Å². The molecule has 0 bridgehead atoms. The van der Waals surface area contributed by atoms with Crippen LogP contribution >= 0.6 is 11.6 Å². The lowest BCUT2D eigenvalue weighted by molar-refractivity contribution is -0.140. The summed E-state index contributed by atoms with van der Waals surface area (Å²) in [7, 11) is -3.73. The Kier molecular flexibility index (Phi) is 8.31. The van der Waals surface area contributed by atoms with Crippen LogP contribution in [0, 0.1) is 0 Å². The van der Waals surface area contributed by atoms with Crippen molar-refractivity contribution in [3.63, 3.8) is 0 Å². The van der Waals surface area contributed by atoms with Gasteiger partial charge >= 0.3 is 0 Å². The van der Waals surface area contributed by atoms with Crippen molar-refractivity contribution in [1.82, 2.24) is 10.2 Å². The molecule has 0 fully saturated rings. The number of hydrogen-bond donors (Lipinski definition) is 1. The summed E-state index contributed by atoms with van der Waals surface area (Å²) in [6.07, 6.45) is 1.05. The number of anilines is 1. The first-order chi connectivity index (χ1) is 14.8. The van der Waals surface area contributed by atoms with Gasteiger partial charge in [0, 0.05) is 17.1 Å². The molecule has 0 aliphatic carbocycles. The molecule has 32 heavy (non-hydrogen) atoms. The number of sulfonamides is 1. The Bertz CT molecular complexity index is 1040. The number of para-hydroxylation sites is 1. The molecule has 0 heterocycles. The smallest absolute Gasteiger partial charge is 0.244 e. The van der Waals surface area contributed by atoms with E-state index in [1.165, 1.54) is 4.90 Å². The molecule has 0 radical (unpaired) electrons. The van der Waals surface area contributed by atoms with Crippen molar-refractivity contribution in [2.24, 2.45) is 0 Å². The van der Waals surface area contributed by atoms with Crippen molar-refractivity contribution in [2.45, 2.75) is 45.8 Å². The minimum atomic E-state index is -3.73. The Morgan fingerprint density at radius 2 is 1.59 bits per heavy atom. The summed E-state index contributed by atoms with van der Waals surface area (Å²) in [6.45, 7) is 6.88. The van der Waals surface area contributed by atoms with Gasteiger partial charge in [0.25, 0.3) is 0 Å². The third-order valence-electron chi connectivity index (χ3n) is 4.66. The molecule has 0 saturated heterocycles. The second kappa shape index (κ2) is 10.4. The highest BCUT2D eigenvalue weighted by Crippen LogP contribution is 2.19. The summed E-state index contributed by atoms with van der Waals surface area (Å²) in [5.41, 5.74) is 0.661. The summed E-state index contributed by atoms with van der Waals surface area (Å²) < 4.78 is 25.9. The lowest BCUT2D eigenvalue weighted by atomic mass is 10.1. The summed E-state index contributed by atoms with van der Waals surface area (Å²) in [4.78, 5) is 27.6. The van der Waals surface area contributed by atoms with Gasteiger partial charge in [-0.25, -0.2) is 8.42 Å². The van der Waals surface area contributed by atoms with Gasteiger partial charge in [-0.1, -0.05) is 41.9 Å². The number of carbonyl (C=O) groups excluding carboxylic acids is 2. The fraction of sp³-hybridized carbons (Fsp3) is 0.391. The third-order valence-corrected chi connectivity index (χ3v) is 6.05. The van der Waals surface area contributed by atoms with Crippen LogP contribution in [0.15, 0.2) is 54.6 Å². The Labute approximate surface area is 195 Å². The Morgan fingerprint density at radius 1 is 1.03 bits per heavy atom. The average Bonchev–Trinajstić information content (AvgIpc) is 2.69. The molecule has 2 amide bonds. The average molecular weight is 480 g/mol. The van der Waals surface area contributed by atoms with Crippen LogP contribution in [0.4, 0.5) is 5.69 Å². The molecule has 2 aromatic rings. The number of halogens is 1. The minimum Gasteiger partial charge on any atom is -0.350 e. The Balaban J connectivity index is 2.36. The molecule has 2 aromatic carbocycles. The summed E-state index contributed by atoms with van der Waals surface area (Å²) in [6, 6.07) is 14.5. The topological polar surface area (TPSA) is 86.8 Å². The highest BCUT2D eigenvalue weighted by atomic mass is 35.5. The highest BCUT2D eigenvalue weighted by Gasteiger charge is 2.31. The van der Waals surface area contributed by atoms with Crippen LogP contribution in [-0.2, 0) is 26.2 Å². The normalized spacial score (nSPS) is 12.7. The van der Waals surface area contributed by atoms with Gasteiger partial charge in [0.05, 0.1) is 11.9 Å². The van der Waals surface area contributed by atoms with Gasteiger partial charge in [-0.05, 0) is 57.5 Å². The maximum absolute atomic E-state index is 13.4. The highest BCUT2D eigenvalue weighted by molar-refractivity contribution is 7.92. The minimum absolute atomic E-state index is 0.126. The molecular weight excluding hydrogens is 450 g/mol. The fourth-order valence-corrected chi connectivity index (χ4v) is 4.03. The van der Waals surface area contributed by atoms with Crippen LogP contribution in [0.3, 0.4) is 0 Å². The van der Waals surface area contributed by atoms with Gasteiger partial charge in [0.1, 0.15) is 12.6 Å². The molecule has 0 aliphatic heterocycles. The van der Waals surface area contributed by atoms with Crippen molar-refractivity contribution in [3.05, 3.63) is 65.2 Å². The van der Waals surface area contributed by atoms with Gasteiger partial charge in [-0.2, -0.15) is 0 Å². The molecule has 1 atom stereocenters. The largest absolute Gasteiger partial charge is 0.350 e. The van der Waals surface area contributed by atoms with E-state index < -0.39 is 34.1 Å². The molecule has 0 aliphatic rings. The van der Waals surface area contributed by atoms with Crippen LogP contribution in [0.2, 0.25) is 5.02 Å². The van der Waals surface area contributed by atoms with E-state index in [2.05, 4.69) is 5.32 Å². The van der Waals surface area contributed by atoms with E-state index in [4.69, 9.17) is 11.6 Å². The van der Waals surface area contributed by atoms with Crippen molar-refractivity contribution >= 4 is 39.1 Å². The molecule has 9 heteroatoms. The summed E-state index contributed by atoms with van der Waals surface area (Å²) in [5, 5.41) is 3.43. The van der Waals surface area contributed by atoms with Crippen LogP contribution in [0.25, 0.3) is 0 Å². The van der Waals surface area contributed by atoms with E-state index in [0.717, 1.165) is 16.1 Å². The van der Waals surface area contributed by atoms with Crippen LogP contribution in [0.5, 0.6) is 0 Å². The third kappa shape index (κ3) is 7.53. The zero-order valence-electron chi connectivity index (χ0n) is 19.0. The standard InChI is InChI=1S/C23H30ClN3O4S/c1-17(22(29)25-23(2,3)4)26(15-18-11-13-19(24)14-12-18)21(28)16-27(32(5,30)31)20-9-7-6-8-10-20/h6-14,17H,15-16H2,1-5H3,(H,25,29)/t17-/m0/s1. The molecular formula is C23H30ClN3O4S. The van der Waals surface area contributed by atoms with Crippen molar-refractivity contribution in [1.29, 1.82) is 0 Å². The maximum atomic E-state index is 13.4. The SMILES string of the molecule is C[C@@H](C(=O)NC(C)(C)C)N(Cc1ccc(Cl)cc1)C(=O)CN(c1ccccc1)S(C)(=O)=O. The lowest BCUT2D eigenvalue weighted by Crippen LogP contribution is -2.54. The molecule has 1 N–H and O–H groups in total. The first-order valence-electron chi connectivity index (χ1n) is 10.2. The molecule has 174 valence electrons. The van der Waals surface area contributed by atoms with E-state index in [1.54, 1.807) is 61.5 Å². The Hall–Kier alpha value is -2.58. The maximum Gasteiger partial charge on any atom is 0.244 e. The van der Waals surface area contributed by atoms with Crippen molar-refractivity contribution < 1.29 is 18.0 Å². The van der Waals surface area contributed by atoms with Gasteiger partial charge in [0.15, 0.2) is 0 Å². The number of hydrogen-bond acceptors (Lipinski definition) is 4. The van der Waals surface area contributed by atoms with Crippen LogP contribution in [0.1, 0.15) is 33.3 Å². The number of rotatable bonds is 8. The zero-order chi connectivity index (χ0) is 24.1. The molecule has 2 rings (SSSR count). The number of carbonyl (C=O) groups is 2. The van der Waals surface area contributed by atoms with Gasteiger partial charge in [-0.3, -0.25) is 13.9 Å². The van der Waals surface area contributed by atoms with Gasteiger partial charge in [0.2, 0.25) is 21.8 Å². The van der Waals surface area contributed by atoms with Crippen molar-refractivity contribution in [2.75, 3.05) is 17.1 Å². The molecule has 0 aromatic heterocycles. The second-order valence-electron chi connectivity index (χ2n) is 8.67. The fourth-order valence-electron chi connectivity index (χ4n) is 3.05. The summed E-state index contributed by atoms with van der Waals surface area (Å²) in [5.74, 6) is -0.823. The first kappa shape index (κ1) is 25.7. The second-order valence-corrected chi connectivity index (χ2v) is 11.0. The van der Waals surface area contributed by atoms with Crippen LogP contribution in [-0.4, -0.2) is 49.5 Å². The quantitative estimate of drug-likeness (QED) is 0.628. The predicted molar refractivity (Wildman–Crippen MR) is 128 cm³/mol. The van der Waals surface area contributed by atoms with Gasteiger partial charge in [-0.15, -0.1) is 0 Å². The van der Waals surface area contributed by atoms with Crippen LogP contribution < -0.4 is 9.62 Å². The molecule has 0 saturated carbocycles. The number of nitrogens with one attached hydrogen (secondary N) is 1. The predicted octanol–water partition coefficient (Wildman–Crippen LogP) is 3.44. The number of amides is 2. The summed E-state index contributed by atoms with van der Waals surface area (Å²) >= 11 is 5.97. The van der Waals surface area contributed by atoms with E-state index in [1.807, 2.05) is 20.8 Å². The van der Waals surface area contributed by atoms with E-state index >= 15 is 0 Å². The zero-order valence-corrected chi connectivity index (χ0v) is 20.6. The Morgan fingerprint density at radius 3 is 2.09 bits per heavy atom. The number of nitrogens with zero attached hydrogens (tertiary/aromatic N) is 2. The van der Waals surface area contributed by atoms with Crippen molar-refractivity contribution in [3.8, 4) is 0 Å². The molecule has 7 nitrogen and oxygen atoms in total. The van der Waals surface area contributed by atoms with E-state index in [-0.39, 0.29) is 12.5 Å². The lowest BCUT2D eigenvalue weighted by Gasteiger charge is -2.33.